The third kappa shape index (κ3) is 7.86. The number of sulfonamides is 1. The van der Waals surface area contributed by atoms with Gasteiger partial charge in [-0.2, -0.15) is 0 Å². The van der Waals surface area contributed by atoms with Crippen LogP contribution in [0.5, 0.6) is 5.75 Å². The first-order valence-corrected chi connectivity index (χ1v) is 13.6. The van der Waals surface area contributed by atoms with Gasteiger partial charge in [0.25, 0.3) is 0 Å². The molecule has 2 aromatic rings. The Labute approximate surface area is 213 Å². The minimum atomic E-state index is -3.90. The maximum Gasteiger partial charge on any atom is 0.244 e. The van der Waals surface area contributed by atoms with Crippen molar-refractivity contribution < 1.29 is 22.7 Å². The van der Waals surface area contributed by atoms with Crippen LogP contribution in [0.3, 0.4) is 0 Å². The number of ether oxygens (including phenoxy) is 1. The molecule has 2 amide bonds. The molecule has 2 aromatic carbocycles. The molecule has 35 heavy (non-hydrogen) atoms. The summed E-state index contributed by atoms with van der Waals surface area (Å²) in [7, 11) is -2.49. The summed E-state index contributed by atoms with van der Waals surface area (Å²) in [6.45, 7) is 7.08. The van der Waals surface area contributed by atoms with Crippen molar-refractivity contribution in [2.75, 3.05) is 24.2 Å². The van der Waals surface area contributed by atoms with E-state index in [0.717, 1.165) is 21.7 Å². The summed E-state index contributed by atoms with van der Waals surface area (Å²) in [4.78, 5) is 28.1. The van der Waals surface area contributed by atoms with Gasteiger partial charge in [0, 0.05) is 17.6 Å². The van der Waals surface area contributed by atoms with Crippen molar-refractivity contribution in [2.45, 2.75) is 52.7 Å². The number of aryl methyl sites for hydroxylation is 1. The highest BCUT2D eigenvalue weighted by molar-refractivity contribution is 7.92. The molecule has 0 heterocycles. The largest absolute Gasteiger partial charge is 0.495 e. The molecule has 0 unspecified atom stereocenters. The van der Waals surface area contributed by atoms with Gasteiger partial charge in [0.2, 0.25) is 21.8 Å². The van der Waals surface area contributed by atoms with E-state index in [0.29, 0.717) is 11.4 Å². The summed E-state index contributed by atoms with van der Waals surface area (Å²) in [6.07, 6.45) is 1.36. The molecule has 0 aliphatic heterocycles. The topological polar surface area (TPSA) is 96.0 Å². The maximum atomic E-state index is 13.7. The summed E-state index contributed by atoms with van der Waals surface area (Å²) >= 11 is 6.12. The second-order valence-corrected chi connectivity index (χ2v) is 11.0. The lowest BCUT2D eigenvalue weighted by atomic mass is 10.1. The van der Waals surface area contributed by atoms with Gasteiger partial charge in [-0.25, -0.2) is 8.42 Å². The predicted octanol–water partition coefficient (Wildman–Crippen LogP) is 3.76. The number of anilines is 1. The second-order valence-electron chi connectivity index (χ2n) is 8.68. The first kappa shape index (κ1) is 28.5. The van der Waals surface area contributed by atoms with E-state index in [1.54, 1.807) is 6.07 Å². The smallest absolute Gasteiger partial charge is 0.244 e. The number of hydrogen-bond donors (Lipinski definition) is 1. The van der Waals surface area contributed by atoms with Crippen LogP contribution in [-0.4, -0.2) is 57.1 Å². The van der Waals surface area contributed by atoms with Gasteiger partial charge in [-0.05, 0) is 51.0 Å². The normalized spacial score (nSPS) is 12.2. The van der Waals surface area contributed by atoms with Crippen molar-refractivity contribution in [3.63, 3.8) is 0 Å². The number of halogens is 1. The van der Waals surface area contributed by atoms with Gasteiger partial charge < -0.3 is 15.0 Å². The monoisotopic (exact) mass is 523 g/mol. The number of benzene rings is 2. The molecule has 0 saturated carbocycles. The van der Waals surface area contributed by atoms with Crippen LogP contribution in [0.25, 0.3) is 0 Å². The predicted molar refractivity (Wildman–Crippen MR) is 139 cm³/mol. The minimum absolute atomic E-state index is 0.115. The molecule has 0 aliphatic carbocycles. The molecule has 0 saturated heterocycles. The average molecular weight is 524 g/mol. The van der Waals surface area contributed by atoms with Gasteiger partial charge in [0.05, 0.1) is 19.1 Å². The molecule has 0 aromatic heterocycles. The highest BCUT2D eigenvalue weighted by Crippen LogP contribution is 2.33. The van der Waals surface area contributed by atoms with E-state index in [-0.39, 0.29) is 29.9 Å². The number of nitrogens with one attached hydrogen (secondary N) is 1. The van der Waals surface area contributed by atoms with Crippen LogP contribution in [0.1, 0.15) is 38.3 Å². The van der Waals surface area contributed by atoms with Crippen molar-refractivity contribution in [3.8, 4) is 5.75 Å². The molecule has 1 atom stereocenters. The molecule has 2 rings (SSSR count). The Bertz CT molecular complexity index is 1140. The molecule has 0 fully saturated rings. The van der Waals surface area contributed by atoms with Crippen LogP contribution in [0.2, 0.25) is 5.02 Å². The van der Waals surface area contributed by atoms with Gasteiger partial charge in [-0.1, -0.05) is 48.4 Å². The third-order valence-electron chi connectivity index (χ3n) is 5.38. The van der Waals surface area contributed by atoms with Crippen molar-refractivity contribution in [1.82, 2.24) is 10.2 Å². The quantitative estimate of drug-likeness (QED) is 0.484. The van der Waals surface area contributed by atoms with Gasteiger partial charge in [-0.15, -0.1) is 0 Å². The highest BCUT2D eigenvalue weighted by Gasteiger charge is 2.32. The summed E-state index contributed by atoms with van der Waals surface area (Å²) < 4.78 is 31.8. The fraction of sp³-hybridized carbons (Fsp3) is 0.440. The van der Waals surface area contributed by atoms with Crippen LogP contribution in [0.15, 0.2) is 42.5 Å². The van der Waals surface area contributed by atoms with Gasteiger partial charge in [0.1, 0.15) is 18.3 Å². The number of carbonyl (C=O) groups is 2. The fourth-order valence-electron chi connectivity index (χ4n) is 3.64. The summed E-state index contributed by atoms with van der Waals surface area (Å²) in [5.74, 6) is -0.569. The Morgan fingerprint density at radius 3 is 2.26 bits per heavy atom. The van der Waals surface area contributed by atoms with Crippen LogP contribution in [0, 0.1) is 6.92 Å². The first-order chi connectivity index (χ1) is 16.4. The molecule has 0 radical (unpaired) electrons. The molecule has 0 spiro atoms. The van der Waals surface area contributed by atoms with E-state index in [2.05, 4.69) is 5.32 Å². The van der Waals surface area contributed by atoms with Gasteiger partial charge in [-0.3, -0.25) is 13.9 Å². The Hall–Kier alpha value is -2.78. The van der Waals surface area contributed by atoms with E-state index in [1.165, 1.54) is 24.1 Å². The molecule has 8 nitrogen and oxygen atoms in total. The SMILES string of the molecule is CC[C@@H](C(=O)NC(C)C)N(Cc1ccc(C)cc1)C(=O)CN(c1cc(Cl)ccc1OC)S(C)(=O)=O. The maximum absolute atomic E-state index is 13.7. The molecule has 0 aliphatic rings. The van der Waals surface area contributed by atoms with Crippen molar-refractivity contribution in [1.29, 1.82) is 0 Å². The van der Waals surface area contributed by atoms with Gasteiger partial charge >= 0.3 is 0 Å². The molecule has 0 bridgehead atoms. The lowest BCUT2D eigenvalue weighted by molar-refractivity contribution is -0.140. The van der Waals surface area contributed by atoms with E-state index in [4.69, 9.17) is 16.3 Å². The standard InChI is InChI=1S/C25H34ClN3O5S/c1-7-21(25(31)27-17(2)3)28(15-19-10-8-18(4)9-11-19)24(30)16-29(35(6,32)33)22-14-20(26)12-13-23(22)34-5/h8-14,17,21H,7,15-16H2,1-6H3,(H,27,31)/t21-/m0/s1. The molecular weight excluding hydrogens is 490 g/mol. The number of hydrogen-bond acceptors (Lipinski definition) is 5. The fourth-order valence-corrected chi connectivity index (χ4v) is 4.65. The lowest BCUT2D eigenvalue weighted by Crippen LogP contribution is -2.53. The van der Waals surface area contributed by atoms with Crippen molar-refractivity contribution >= 4 is 39.1 Å². The number of amides is 2. The Morgan fingerprint density at radius 1 is 1.11 bits per heavy atom. The van der Waals surface area contributed by atoms with Crippen molar-refractivity contribution in [2.24, 2.45) is 0 Å². The van der Waals surface area contributed by atoms with Crippen LogP contribution >= 0.6 is 11.6 Å². The van der Waals surface area contributed by atoms with E-state index in [1.807, 2.05) is 52.0 Å². The minimum Gasteiger partial charge on any atom is -0.495 e. The summed E-state index contributed by atoms with van der Waals surface area (Å²) in [5, 5.41) is 3.16. The average Bonchev–Trinajstić information content (AvgIpc) is 2.77. The van der Waals surface area contributed by atoms with Gasteiger partial charge in [0.15, 0.2) is 0 Å². The highest BCUT2D eigenvalue weighted by atomic mass is 35.5. The van der Waals surface area contributed by atoms with E-state index in [9.17, 15) is 18.0 Å². The third-order valence-corrected chi connectivity index (χ3v) is 6.74. The second kappa shape index (κ2) is 12.3. The van der Waals surface area contributed by atoms with E-state index < -0.39 is 28.5 Å². The zero-order valence-electron chi connectivity index (χ0n) is 21.0. The van der Waals surface area contributed by atoms with Crippen LogP contribution < -0.4 is 14.4 Å². The zero-order chi connectivity index (χ0) is 26.3. The van der Waals surface area contributed by atoms with Crippen LogP contribution in [-0.2, 0) is 26.2 Å². The molecule has 10 heteroatoms. The number of carbonyl (C=O) groups excluding carboxylic acids is 2. The Morgan fingerprint density at radius 2 is 1.74 bits per heavy atom. The molecule has 1 N–H and O–H groups in total. The summed E-state index contributed by atoms with van der Waals surface area (Å²) in [6, 6.07) is 11.3. The molecular formula is C25H34ClN3O5S. The van der Waals surface area contributed by atoms with E-state index >= 15 is 0 Å². The Balaban J connectivity index is 2.50. The number of methoxy groups -OCH3 is 1. The number of rotatable bonds is 11. The molecule has 192 valence electrons. The van der Waals surface area contributed by atoms with Crippen molar-refractivity contribution in [3.05, 3.63) is 58.6 Å². The van der Waals surface area contributed by atoms with Crippen LogP contribution in [0.4, 0.5) is 5.69 Å². The number of nitrogens with zero attached hydrogens (tertiary/aromatic N) is 2. The lowest BCUT2D eigenvalue weighted by Gasteiger charge is -2.33. The first-order valence-electron chi connectivity index (χ1n) is 11.3. The Kier molecular flexibility index (Phi) is 9.97. The summed E-state index contributed by atoms with van der Waals surface area (Å²) in [5.41, 5.74) is 2.03. The zero-order valence-corrected chi connectivity index (χ0v) is 22.6.